The van der Waals surface area contributed by atoms with Crippen molar-refractivity contribution < 1.29 is 18.1 Å². The first-order chi connectivity index (χ1) is 8.97. The third-order valence-electron chi connectivity index (χ3n) is 2.56. The van der Waals surface area contributed by atoms with Gasteiger partial charge in [0.25, 0.3) is 0 Å². The number of hydrogen-bond donors (Lipinski definition) is 1. The first-order valence-electron chi connectivity index (χ1n) is 6.85. The van der Waals surface area contributed by atoms with Crippen LogP contribution in [0.25, 0.3) is 0 Å². The van der Waals surface area contributed by atoms with Crippen LogP contribution in [0.3, 0.4) is 0 Å². The van der Waals surface area contributed by atoms with Crippen LogP contribution in [-0.2, 0) is 18.1 Å². The highest BCUT2D eigenvalue weighted by Gasteiger charge is 2.49. The third kappa shape index (κ3) is 5.44. The summed E-state index contributed by atoms with van der Waals surface area (Å²) in [5.74, 6) is -0.192. The molecule has 1 atom stereocenters. The molecule has 19 heavy (non-hydrogen) atoms. The fraction of sp³-hybridized carbons (Fsp3) is 0.769. The molecule has 0 aromatic heterocycles. The predicted octanol–water partition coefficient (Wildman–Crippen LogP) is 2.04. The Kier molecular flexibility index (Phi) is 8.91. The molecule has 0 spiro atoms. The van der Waals surface area contributed by atoms with Gasteiger partial charge in [-0.05, 0) is 34.1 Å². The lowest BCUT2D eigenvalue weighted by atomic mass is 10.3. The van der Waals surface area contributed by atoms with E-state index in [9.17, 15) is 4.79 Å². The summed E-state index contributed by atoms with van der Waals surface area (Å²) < 4.78 is 17.4. The van der Waals surface area contributed by atoms with E-state index in [-0.39, 0.29) is 11.6 Å². The Hall–Kier alpha value is -0.693. The third-order valence-corrected chi connectivity index (χ3v) is 6.04. The van der Waals surface area contributed by atoms with E-state index in [0.717, 1.165) is 0 Å². The van der Waals surface area contributed by atoms with Gasteiger partial charge in [-0.25, -0.2) is 0 Å². The van der Waals surface area contributed by atoms with E-state index < -0.39 is 8.80 Å². The zero-order valence-electron chi connectivity index (χ0n) is 12.7. The van der Waals surface area contributed by atoms with E-state index in [4.69, 9.17) is 13.3 Å². The summed E-state index contributed by atoms with van der Waals surface area (Å²) in [7, 11) is -2.91. The molecule has 1 N–H and O–H groups in total. The summed E-state index contributed by atoms with van der Waals surface area (Å²) in [6.45, 7) is 14.5. The second kappa shape index (κ2) is 9.25. The van der Waals surface area contributed by atoms with Crippen LogP contribution in [0.2, 0.25) is 0 Å². The molecule has 0 radical (unpaired) electrons. The number of amides is 1. The topological polar surface area (TPSA) is 56.8 Å². The van der Waals surface area contributed by atoms with Gasteiger partial charge in [0.1, 0.15) is 0 Å². The second-order valence-corrected chi connectivity index (χ2v) is 6.89. The molecule has 0 bridgehead atoms. The molecule has 0 aromatic rings. The van der Waals surface area contributed by atoms with Crippen LogP contribution < -0.4 is 5.32 Å². The van der Waals surface area contributed by atoms with E-state index in [1.54, 1.807) is 6.92 Å². The zero-order chi connectivity index (χ0) is 14.9. The summed E-state index contributed by atoms with van der Waals surface area (Å²) in [6, 6.07) is 0. The molecule has 0 aliphatic carbocycles. The Bertz CT molecular complexity index is 279. The molecule has 112 valence electrons. The van der Waals surface area contributed by atoms with Gasteiger partial charge in [-0.2, -0.15) is 0 Å². The monoisotopic (exact) mass is 289 g/mol. The molecular weight excluding hydrogens is 262 g/mol. The van der Waals surface area contributed by atoms with Crippen LogP contribution in [0.4, 0.5) is 0 Å². The normalized spacial score (nSPS) is 13.1. The fourth-order valence-corrected chi connectivity index (χ4v) is 4.62. The van der Waals surface area contributed by atoms with Crippen molar-refractivity contribution in [3.8, 4) is 0 Å². The summed E-state index contributed by atoms with van der Waals surface area (Å²) in [5.41, 5.74) is 0.211. The van der Waals surface area contributed by atoms with Crippen molar-refractivity contribution in [2.45, 2.75) is 46.7 Å². The molecule has 5 nitrogen and oxygen atoms in total. The van der Waals surface area contributed by atoms with Gasteiger partial charge in [0.2, 0.25) is 5.91 Å². The highest BCUT2D eigenvalue weighted by Crippen LogP contribution is 2.18. The van der Waals surface area contributed by atoms with Crippen molar-refractivity contribution in [2.75, 3.05) is 19.8 Å². The molecule has 0 saturated carbocycles. The van der Waals surface area contributed by atoms with Crippen molar-refractivity contribution in [1.29, 1.82) is 0 Å². The molecule has 0 aromatic carbocycles. The maximum absolute atomic E-state index is 11.8. The highest BCUT2D eigenvalue weighted by atomic mass is 28.4. The molecule has 0 heterocycles. The molecule has 0 aliphatic rings. The van der Waals surface area contributed by atoms with E-state index in [0.29, 0.717) is 31.8 Å². The number of carbonyl (C=O) groups is 1. The van der Waals surface area contributed by atoms with Crippen molar-refractivity contribution in [1.82, 2.24) is 5.32 Å². The van der Waals surface area contributed by atoms with E-state index >= 15 is 0 Å². The average molecular weight is 289 g/mol. The predicted molar refractivity (Wildman–Crippen MR) is 77.7 cm³/mol. The molecule has 0 saturated heterocycles. The fourth-order valence-electron chi connectivity index (χ4n) is 1.75. The molecule has 0 aliphatic heterocycles. The Balaban J connectivity index is 5.12. The smallest absolute Gasteiger partial charge is 0.373 e. The number of hydrogen-bond acceptors (Lipinski definition) is 4. The van der Waals surface area contributed by atoms with E-state index in [1.165, 1.54) is 0 Å². The summed E-state index contributed by atoms with van der Waals surface area (Å²) >= 11 is 0. The Morgan fingerprint density at radius 2 is 1.53 bits per heavy atom. The summed E-state index contributed by atoms with van der Waals surface area (Å²) in [6.07, 6.45) is 0.686. The minimum absolute atomic E-state index is 0.192. The number of carbonyl (C=O) groups excluding carboxylic acids is 1. The van der Waals surface area contributed by atoms with E-state index in [1.807, 2.05) is 27.7 Å². The number of rotatable bonds is 10. The van der Waals surface area contributed by atoms with Crippen LogP contribution in [0.1, 0.15) is 41.0 Å². The molecule has 0 rings (SSSR count). The first-order valence-corrected chi connectivity index (χ1v) is 8.65. The second-order valence-electron chi connectivity index (χ2n) is 4.12. The van der Waals surface area contributed by atoms with Crippen molar-refractivity contribution in [3.63, 3.8) is 0 Å². The summed E-state index contributed by atoms with van der Waals surface area (Å²) in [4.78, 5) is 11.8. The summed E-state index contributed by atoms with van der Waals surface area (Å²) in [5, 5.41) is 2.91. The SMILES string of the molecule is C=C(C)C(=O)NC(CC)[Si](OCC)(OCC)OCC. The van der Waals surface area contributed by atoms with Crippen molar-refractivity contribution in [2.24, 2.45) is 0 Å². The lowest BCUT2D eigenvalue weighted by Gasteiger charge is -2.35. The lowest BCUT2D eigenvalue weighted by molar-refractivity contribution is -0.118. The zero-order valence-corrected chi connectivity index (χ0v) is 13.7. The minimum Gasteiger partial charge on any atom is -0.373 e. The van der Waals surface area contributed by atoms with Gasteiger partial charge in [-0.1, -0.05) is 13.5 Å². The van der Waals surface area contributed by atoms with Crippen molar-refractivity contribution in [3.05, 3.63) is 12.2 Å². The van der Waals surface area contributed by atoms with Gasteiger partial charge in [-0.15, -0.1) is 0 Å². The average Bonchev–Trinajstić information content (AvgIpc) is 2.36. The molecule has 6 heteroatoms. The molecule has 0 fully saturated rings. The van der Waals surface area contributed by atoms with Gasteiger partial charge in [0.05, 0.1) is 5.67 Å². The maximum Gasteiger partial charge on any atom is 0.524 e. The van der Waals surface area contributed by atoms with E-state index in [2.05, 4.69) is 11.9 Å². The molecule has 1 unspecified atom stereocenters. The van der Waals surface area contributed by atoms with Gasteiger partial charge in [0.15, 0.2) is 0 Å². The van der Waals surface area contributed by atoms with Crippen LogP contribution in [0.5, 0.6) is 0 Å². The minimum atomic E-state index is -2.91. The number of nitrogens with one attached hydrogen (secondary N) is 1. The first kappa shape index (κ1) is 18.3. The van der Waals surface area contributed by atoms with Gasteiger partial charge in [-0.3, -0.25) is 4.79 Å². The molecular formula is C13H27NO4Si. The highest BCUT2D eigenvalue weighted by molar-refractivity contribution is 6.62. The largest absolute Gasteiger partial charge is 0.524 e. The van der Waals surface area contributed by atoms with Gasteiger partial charge < -0.3 is 18.6 Å². The Morgan fingerprint density at radius 1 is 1.11 bits per heavy atom. The Labute approximate surface area is 117 Å². The van der Waals surface area contributed by atoms with Crippen LogP contribution >= 0.6 is 0 Å². The quantitative estimate of drug-likeness (QED) is 0.494. The maximum atomic E-state index is 11.8. The van der Waals surface area contributed by atoms with Crippen LogP contribution in [0, 0.1) is 0 Å². The van der Waals surface area contributed by atoms with Gasteiger partial charge >= 0.3 is 8.80 Å². The lowest BCUT2D eigenvalue weighted by Crippen LogP contribution is -2.62. The van der Waals surface area contributed by atoms with Crippen molar-refractivity contribution >= 4 is 14.7 Å². The van der Waals surface area contributed by atoms with Crippen LogP contribution in [-0.4, -0.2) is 40.2 Å². The Morgan fingerprint density at radius 3 is 1.79 bits per heavy atom. The van der Waals surface area contributed by atoms with Crippen LogP contribution in [0.15, 0.2) is 12.2 Å². The standard InChI is InChI=1S/C13H27NO4Si/c1-7-12(14-13(15)11(5)6)19(16-8-2,17-9-3)18-10-4/h12H,5,7-10H2,1-4,6H3,(H,14,15). The van der Waals surface area contributed by atoms with Gasteiger partial charge in [0, 0.05) is 25.4 Å². The molecule has 1 amide bonds.